The van der Waals surface area contributed by atoms with Gasteiger partial charge < -0.3 is 24.6 Å². The van der Waals surface area contributed by atoms with Crippen molar-refractivity contribution in [3.05, 3.63) is 46.5 Å². The summed E-state index contributed by atoms with van der Waals surface area (Å²) >= 11 is 0. The second-order valence-corrected chi connectivity index (χ2v) is 10.0. The molecule has 3 aliphatic heterocycles. The van der Waals surface area contributed by atoms with Gasteiger partial charge in [-0.05, 0) is 90.6 Å². The molecule has 2 aromatic carbocycles. The van der Waals surface area contributed by atoms with Gasteiger partial charge in [-0.15, -0.1) is 34.0 Å². The summed E-state index contributed by atoms with van der Waals surface area (Å²) in [7, 11) is 5.06. The van der Waals surface area contributed by atoms with E-state index in [0.29, 0.717) is 23.6 Å². The summed E-state index contributed by atoms with van der Waals surface area (Å²) in [5, 5.41) is 14.1. The van der Waals surface area contributed by atoms with E-state index in [-0.39, 0.29) is 45.8 Å². The first-order valence-electron chi connectivity index (χ1n) is 12.7. The van der Waals surface area contributed by atoms with Crippen molar-refractivity contribution in [1.82, 2.24) is 10.2 Å². The molecule has 0 radical (unpaired) electrons. The SMILES string of the molecule is Br.Br.CC[C@H]1CN2CCc3cc(OC)c(OC)cc3[C@@H]2C[C@@H]1CC1NCCc2cc(O)c(OC)cc21. The van der Waals surface area contributed by atoms with Crippen LogP contribution in [-0.4, -0.2) is 51.0 Å². The quantitative estimate of drug-likeness (QED) is 0.422. The maximum absolute atomic E-state index is 10.3. The van der Waals surface area contributed by atoms with Crippen molar-refractivity contribution < 1.29 is 19.3 Å². The van der Waals surface area contributed by atoms with E-state index in [0.717, 1.165) is 56.8 Å². The third-order valence-electron chi connectivity index (χ3n) is 8.44. The average molecular weight is 628 g/mol. The maximum Gasteiger partial charge on any atom is 0.161 e. The Kier molecular flexibility index (Phi) is 10.00. The van der Waals surface area contributed by atoms with Gasteiger partial charge in [0, 0.05) is 25.2 Å². The Balaban J connectivity index is 0.00000180. The number of nitrogens with zero attached hydrogens (tertiary/aromatic N) is 1. The molecule has 0 aliphatic carbocycles. The molecule has 0 amide bonds. The van der Waals surface area contributed by atoms with Crippen molar-refractivity contribution in [2.75, 3.05) is 41.0 Å². The number of benzene rings is 2. The molecule has 2 aromatic rings. The fourth-order valence-electron chi connectivity index (χ4n) is 6.59. The first-order chi connectivity index (χ1) is 16.6. The Bertz CT molecular complexity index is 1050. The van der Waals surface area contributed by atoms with Crippen LogP contribution in [0.15, 0.2) is 24.3 Å². The smallest absolute Gasteiger partial charge is 0.161 e. The van der Waals surface area contributed by atoms with Crippen LogP contribution in [0.2, 0.25) is 0 Å². The molecule has 36 heavy (non-hydrogen) atoms. The number of phenols is 1. The lowest BCUT2D eigenvalue weighted by molar-refractivity contribution is 0.0434. The minimum absolute atomic E-state index is 0. The lowest BCUT2D eigenvalue weighted by Gasteiger charge is -2.48. The lowest BCUT2D eigenvalue weighted by atomic mass is 9.72. The predicted molar refractivity (Wildman–Crippen MR) is 154 cm³/mol. The molecule has 3 heterocycles. The number of aromatic hydroxyl groups is 1. The third-order valence-corrected chi connectivity index (χ3v) is 8.44. The van der Waals surface area contributed by atoms with Crippen molar-refractivity contribution in [2.24, 2.45) is 11.8 Å². The molecule has 2 N–H and O–H groups in total. The molecule has 0 bridgehead atoms. The van der Waals surface area contributed by atoms with Crippen LogP contribution >= 0.6 is 34.0 Å². The highest BCUT2D eigenvalue weighted by molar-refractivity contribution is 8.93. The molecule has 0 saturated carbocycles. The number of hydrogen-bond donors (Lipinski definition) is 2. The van der Waals surface area contributed by atoms with Gasteiger partial charge in [0.05, 0.1) is 21.3 Å². The first-order valence-corrected chi connectivity index (χ1v) is 12.7. The number of phenolic OH excluding ortho intramolecular Hbond substituents is 1. The lowest BCUT2D eigenvalue weighted by Crippen LogP contribution is -2.46. The summed E-state index contributed by atoms with van der Waals surface area (Å²) in [6, 6.07) is 9.06. The number of rotatable bonds is 6. The van der Waals surface area contributed by atoms with Crippen LogP contribution in [0.3, 0.4) is 0 Å². The molecular formula is C28H40Br2N2O4. The Hall–Kier alpha value is -1.48. The van der Waals surface area contributed by atoms with Gasteiger partial charge in [-0.1, -0.05) is 13.3 Å². The summed E-state index contributed by atoms with van der Waals surface area (Å²) < 4.78 is 16.7. The number of methoxy groups -OCH3 is 3. The minimum atomic E-state index is 0. The van der Waals surface area contributed by atoms with E-state index < -0.39 is 0 Å². The van der Waals surface area contributed by atoms with Crippen LogP contribution in [0.5, 0.6) is 23.0 Å². The predicted octanol–water partition coefficient (Wildman–Crippen LogP) is 5.80. The maximum atomic E-state index is 10.3. The van der Waals surface area contributed by atoms with Gasteiger partial charge in [-0.2, -0.15) is 0 Å². The number of hydrogen-bond acceptors (Lipinski definition) is 6. The zero-order valence-corrected chi connectivity index (χ0v) is 25.1. The molecule has 6 nitrogen and oxygen atoms in total. The second-order valence-electron chi connectivity index (χ2n) is 10.0. The Labute approximate surface area is 236 Å². The van der Waals surface area contributed by atoms with Gasteiger partial charge in [0.2, 0.25) is 0 Å². The van der Waals surface area contributed by atoms with E-state index in [1.54, 1.807) is 21.3 Å². The van der Waals surface area contributed by atoms with Crippen LogP contribution in [-0.2, 0) is 12.8 Å². The largest absolute Gasteiger partial charge is 0.504 e. The molecule has 1 fully saturated rings. The number of piperidine rings is 1. The van der Waals surface area contributed by atoms with Gasteiger partial charge in [0.25, 0.3) is 0 Å². The Morgan fingerprint density at radius 1 is 0.889 bits per heavy atom. The summed E-state index contributed by atoms with van der Waals surface area (Å²) in [5.41, 5.74) is 5.34. The Morgan fingerprint density at radius 2 is 1.56 bits per heavy atom. The van der Waals surface area contributed by atoms with Crippen LogP contribution in [0.1, 0.15) is 60.5 Å². The number of fused-ring (bicyclic) bond motifs is 4. The second kappa shape index (κ2) is 12.4. The van der Waals surface area contributed by atoms with Crippen molar-refractivity contribution in [3.63, 3.8) is 0 Å². The average Bonchev–Trinajstić information content (AvgIpc) is 2.87. The van der Waals surface area contributed by atoms with E-state index in [2.05, 4.69) is 29.3 Å². The van der Waals surface area contributed by atoms with E-state index in [9.17, 15) is 5.11 Å². The van der Waals surface area contributed by atoms with E-state index in [1.165, 1.54) is 28.7 Å². The minimum Gasteiger partial charge on any atom is -0.504 e. The molecule has 1 saturated heterocycles. The zero-order valence-electron chi connectivity index (χ0n) is 21.7. The fraction of sp³-hybridized carbons (Fsp3) is 0.571. The molecule has 1 unspecified atom stereocenters. The van der Waals surface area contributed by atoms with Crippen molar-refractivity contribution >= 4 is 34.0 Å². The third kappa shape index (κ3) is 5.38. The van der Waals surface area contributed by atoms with Crippen LogP contribution in [0.4, 0.5) is 0 Å². The summed E-state index contributed by atoms with van der Waals surface area (Å²) in [4.78, 5) is 2.70. The van der Waals surface area contributed by atoms with Crippen LogP contribution < -0.4 is 19.5 Å². The number of nitrogens with one attached hydrogen (secondary N) is 1. The summed E-state index contributed by atoms with van der Waals surface area (Å²) in [6.07, 6.45) is 5.46. The highest BCUT2D eigenvalue weighted by atomic mass is 79.9. The highest BCUT2D eigenvalue weighted by Gasteiger charge is 2.40. The van der Waals surface area contributed by atoms with Crippen molar-refractivity contribution in [2.45, 2.75) is 51.1 Å². The van der Waals surface area contributed by atoms with Gasteiger partial charge in [0.15, 0.2) is 23.0 Å². The molecule has 0 spiro atoms. The number of halogens is 2. The van der Waals surface area contributed by atoms with E-state index in [4.69, 9.17) is 14.2 Å². The monoisotopic (exact) mass is 626 g/mol. The molecule has 0 aromatic heterocycles. The van der Waals surface area contributed by atoms with Gasteiger partial charge >= 0.3 is 0 Å². The standard InChI is InChI=1S/C28H38N2O4.2BrH/c1-5-17-16-30-9-7-19-13-27(33-3)28(34-4)15-22(19)24(30)11-20(17)10-23-21-14-26(32-2)25(31)12-18(21)6-8-29-23;;/h12-15,17,20,23-24,29,31H,5-11,16H2,1-4H3;2*1H/t17-,20-,23?,24-;;/m0../s1. The molecular weight excluding hydrogens is 588 g/mol. The molecule has 5 rings (SSSR count). The first kappa shape index (κ1) is 29.1. The Morgan fingerprint density at radius 3 is 2.25 bits per heavy atom. The van der Waals surface area contributed by atoms with Crippen molar-refractivity contribution in [1.29, 1.82) is 0 Å². The van der Waals surface area contributed by atoms with E-state index >= 15 is 0 Å². The van der Waals surface area contributed by atoms with E-state index in [1.807, 2.05) is 12.1 Å². The molecule has 200 valence electrons. The zero-order chi connectivity index (χ0) is 23.8. The van der Waals surface area contributed by atoms with Crippen LogP contribution in [0, 0.1) is 11.8 Å². The topological polar surface area (TPSA) is 63.2 Å². The normalized spacial score (nSPS) is 24.8. The highest BCUT2D eigenvalue weighted by Crippen LogP contribution is 2.47. The molecule has 4 atom stereocenters. The van der Waals surface area contributed by atoms with Gasteiger partial charge in [-0.3, -0.25) is 4.90 Å². The van der Waals surface area contributed by atoms with Crippen molar-refractivity contribution in [3.8, 4) is 23.0 Å². The number of ether oxygens (including phenoxy) is 3. The molecule has 8 heteroatoms. The summed E-state index contributed by atoms with van der Waals surface area (Å²) in [6.45, 7) is 5.55. The summed E-state index contributed by atoms with van der Waals surface area (Å²) in [5.74, 6) is 3.76. The van der Waals surface area contributed by atoms with Gasteiger partial charge in [-0.25, -0.2) is 0 Å². The molecule has 3 aliphatic rings. The van der Waals surface area contributed by atoms with Crippen LogP contribution in [0.25, 0.3) is 0 Å². The van der Waals surface area contributed by atoms with Gasteiger partial charge in [0.1, 0.15) is 0 Å². The fourth-order valence-corrected chi connectivity index (χ4v) is 6.59.